The molecule has 0 saturated heterocycles. The molecule has 2 heterocycles. The summed E-state index contributed by atoms with van der Waals surface area (Å²) in [5, 5.41) is 4.19. The maximum atomic E-state index is 5.29. The Morgan fingerprint density at radius 1 is 1.18 bits per heavy atom. The lowest BCUT2D eigenvalue weighted by Crippen LogP contribution is -1.92. The van der Waals surface area contributed by atoms with Crippen LogP contribution in [0.15, 0.2) is 30.5 Å². The predicted octanol–water partition coefficient (Wildman–Crippen LogP) is 1.55. The second-order valence-electron chi connectivity index (χ2n) is 3.69. The van der Waals surface area contributed by atoms with Crippen LogP contribution in [0.5, 0.6) is 11.5 Å². The van der Waals surface area contributed by atoms with E-state index in [0.29, 0.717) is 0 Å². The summed E-state index contributed by atoms with van der Waals surface area (Å²) in [6, 6.07) is 7.52. The molecular formula is C13H10N2O2. The van der Waals surface area contributed by atoms with Crippen molar-refractivity contribution in [2.45, 2.75) is 0 Å². The van der Waals surface area contributed by atoms with E-state index < -0.39 is 0 Å². The summed E-state index contributed by atoms with van der Waals surface area (Å²) in [6.45, 7) is 0.284. The molecule has 0 radical (unpaired) electrons. The molecule has 1 aliphatic rings. The van der Waals surface area contributed by atoms with E-state index in [1.807, 2.05) is 37.5 Å². The molecule has 17 heavy (non-hydrogen) atoms. The minimum Gasteiger partial charge on any atom is -0.454 e. The van der Waals surface area contributed by atoms with Crippen molar-refractivity contribution in [3.8, 4) is 23.3 Å². The summed E-state index contributed by atoms with van der Waals surface area (Å²) >= 11 is 0. The van der Waals surface area contributed by atoms with Crippen molar-refractivity contribution < 1.29 is 9.47 Å². The van der Waals surface area contributed by atoms with Gasteiger partial charge in [-0.1, -0.05) is 5.92 Å². The Morgan fingerprint density at radius 2 is 2.06 bits per heavy atom. The molecular weight excluding hydrogens is 216 g/mol. The fourth-order valence-corrected chi connectivity index (χ4v) is 1.59. The lowest BCUT2D eigenvalue weighted by Gasteiger charge is -1.94. The third-order valence-electron chi connectivity index (χ3n) is 2.42. The number of fused-ring (bicyclic) bond motifs is 1. The largest absolute Gasteiger partial charge is 0.454 e. The second kappa shape index (κ2) is 3.87. The lowest BCUT2D eigenvalue weighted by molar-refractivity contribution is 0.174. The Kier molecular flexibility index (Phi) is 2.23. The van der Waals surface area contributed by atoms with Crippen molar-refractivity contribution >= 4 is 0 Å². The van der Waals surface area contributed by atoms with Gasteiger partial charge < -0.3 is 9.47 Å². The molecule has 0 amide bonds. The van der Waals surface area contributed by atoms with Crippen LogP contribution in [0.2, 0.25) is 0 Å². The molecule has 0 N–H and O–H groups in total. The van der Waals surface area contributed by atoms with Crippen LogP contribution in [0.25, 0.3) is 0 Å². The third kappa shape index (κ3) is 1.95. The molecule has 0 saturated carbocycles. The third-order valence-corrected chi connectivity index (χ3v) is 2.42. The SMILES string of the molecule is Cn1ccc(C#Cc2ccc3c(c2)OCO3)n1. The number of rotatable bonds is 0. The molecule has 1 aromatic heterocycles. The fourth-order valence-electron chi connectivity index (χ4n) is 1.59. The molecule has 0 spiro atoms. The highest BCUT2D eigenvalue weighted by Crippen LogP contribution is 2.32. The number of aromatic nitrogens is 2. The van der Waals surface area contributed by atoms with Crippen LogP contribution in [-0.2, 0) is 7.05 Å². The van der Waals surface area contributed by atoms with E-state index in [1.54, 1.807) is 4.68 Å². The van der Waals surface area contributed by atoms with Gasteiger partial charge in [0.2, 0.25) is 6.79 Å². The summed E-state index contributed by atoms with van der Waals surface area (Å²) in [6.07, 6.45) is 1.86. The van der Waals surface area contributed by atoms with Crippen LogP contribution in [0.1, 0.15) is 11.3 Å². The van der Waals surface area contributed by atoms with Gasteiger partial charge in [-0.05, 0) is 30.2 Å². The first-order valence-electron chi connectivity index (χ1n) is 5.22. The van der Waals surface area contributed by atoms with Crippen molar-refractivity contribution in [1.82, 2.24) is 9.78 Å². The summed E-state index contributed by atoms with van der Waals surface area (Å²) in [4.78, 5) is 0. The highest BCUT2D eigenvalue weighted by molar-refractivity contribution is 5.50. The van der Waals surface area contributed by atoms with E-state index in [0.717, 1.165) is 22.8 Å². The van der Waals surface area contributed by atoms with E-state index in [1.165, 1.54) is 0 Å². The Morgan fingerprint density at radius 3 is 2.88 bits per heavy atom. The van der Waals surface area contributed by atoms with E-state index >= 15 is 0 Å². The topological polar surface area (TPSA) is 36.3 Å². The summed E-state index contributed by atoms with van der Waals surface area (Å²) < 4.78 is 12.2. The van der Waals surface area contributed by atoms with Crippen LogP contribution in [-0.4, -0.2) is 16.6 Å². The number of ether oxygens (including phenoxy) is 2. The quantitative estimate of drug-likeness (QED) is 0.639. The first-order valence-corrected chi connectivity index (χ1v) is 5.22. The number of hydrogen-bond donors (Lipinski definition) is 0. The molecule has 0 bridgehead atoms. The van der Waals surface area contributed by atoms with Crippen LogP contribution in [0.3, 0.4) is 0 Å². The molecule has 1 aromatic carbocycles. The minimum absolute atomic E-state index is 0.284. The molecule has 4 heteroatoms. The van der Waals surface area contributed by atoms with Gasteiger partial charge in [-0.25, -0.2) is 0 Å². The van der Waals surface area contributed by atoms with Crippen molar-refractivity contribution in [1.29, 1.82) is 0 Å². The van der Waals surface area contributed by atoms with Crippen LogP contribution in [0, 0.1) is 11.8 Å². The normalized spacial score (nSPS) is 12.1. The van der Waals surface area contributed by atoms with Crippen molar-refractivity contribution in [3.63, 3.8) is 0 Å². The molecule has 2 aromatic rings. The molecule has 1 aliphatic heterocycles. The highest BCUT2D eigenvalue weighted by Gasteiger charge is 2.12. The molecule has 0 unspecified atom stereocenters. The lowest BCUT2D eigenvalue weighted by atomic mass is 10.2. The first-order chi connectivity index (χ1) is 8.31. The molecule has 84 valence electrons. The zero-order chi connectivity index (χ0) is 11.7. The number of nitrogens with zero attached hydrogens (tertiary/aromatic N) is 2. The van der Waals surface area contributed by atoms with E-state index in [2.05, 4.69) is 16.9 Å². The molecule has 0 aliphatic carbocycles. The zero-order valence-corrected chi connectivity index (χ0v) is 9.30. The monoisotopic (exact) mass is 226 g/mol. The average Bonchev–Trinajstić information content (AvgIpc) is 2.94. The van der Waals surface area contributed by atoms with Gasteiger partial charge in [0, 0.05) is 18.8 Å². The Labute approximate surface area is 98.8 Å². The van der Waals surface area contributed by atoms with Gasteiger partial charge >= 0.3 is 0 Å². The van der Waals surface area contributed by atoms with Crippen LogP contribution < -0.4 is 9.47 Å². The molecule has 3 rings (SSSR count). The Bertz CT molecular complexity index is 620. The summed E-state index contributed by atoms with van der Waals surface area (Å²) in [5.41, 5.74) is 1.64. The molecule has 4 nitrogen and oxygen atoms in total. The smallest absolute Gasteiger partial charge is 0.231 e. The maximum Gasteiger partial charge on any atom is 0.231 e. The van der Waals surface area contributed by atoms with Gasteiger partial charge in [0.25, 0.3) is 0 Å². The van der Waals surface area contributed by atoms with Gasteiger partial charge in [0.15, 0.2) is 11.5 Å². The number of aryl methyl sites for hydroxylation is 1. The van der Waals surface area contributed by atoms with Crippen molar-refractivity contribution in [2.75, 3.05) is 6.79 Å². The number of benzene rings is 1. The zero-order valence-electron chi connectivity index (χ0n) is 9.30. The van der Waals surface area contributed by atoms with Gasteiger partial charge in [-0.3, -0.25) is 4.68 Å². The van der Waals surface area contributed by atoms with Gasteiger partial charge in [0.05, 0.1) is 0 Å². The first kappa shape index (κ1) is 9.79. The van der Waals surface area contributed by atoms with E-state index in [4.69, 9.17) is 9.47 Å². The Hall–Kier alpha value is -2.41. The Balaban J connectivity index is 1.88. The van der Waals surface area contributed by atoms with Crippen molar-refractivity contribution in [2.24, 2.45) is 7.05 Å². The minimum atomic E-state index is 0.284. The van der Waals surface area contributed by atoms with Crippen molar-refractivity contribution in [3.05, 3.63) is 41.7 Å². The second-order valence-corrected chi connectivity index (χ2v) is 3.69. The van der Waals surface area contributed by atoms with E-state index in [-0.39, 0.29) is 6.79 Å². The number of hydrogen-bond acceptors (Lipinski definition) is 3. The molecule has 0 atom stereocenters. The molecule has 0 fully saturated rings. The summed E-state index contributed by atoms with van der Waals surface area (Å²) in [5.74, 6) is 7.56. The van der Waals surface area contributed by atoms with E-state index in [9.17, 15) is 0 Å². The fraction of sp³-hybridized carbons (Fsp3) is 0.154. The maximum absolute atomic E-state index is 5.29. The summed E-state index contributed by atoms with van der Waals surface area (Å²) in [7, 11) is 1.87. The van der Waals surface area contributed by atoms with Gasteiger partial charge in [-0.15, -0.1) is 0 Å². The standard InChI is InChI=1S/C13H10N2O2/c1-15-7-6-11(14-15)4-2-10-3-5-12-13(8-10)17-9-16-12/h3,5-8H,9H2,1H3. The van der Waals surface area contributed by atoms with Gasteiger partial charge in [-0.2, -0.15) is 5.10 Å². The average molecular weight is 226 g/mol. The van der Waals surface area contributed by atoms with Crippen LogP contribution in [0.4, 0.5) is 0 Å². The van der Waals surface area contributed by atoms with Crippen LogP contribution >= 0.6 is 0 Å². The highest BCUT2D eigenvalue weighted by atomic mass is 16.7. The predicted molar refractivity (Wildman–Crippen MR) is 61.8 cm³/mol. The van der Waals surface area contributed by atoms with Gasteiger partial charge in [0.1, 0.15) is 5.69 Å².